The molecule has 11 heteroatoms. The second-order valence-corrected chi connectivity index (χ2v) is 12.8. The highest BCUT2D eigenvalue weighted by Crippen LogP contribution is 2.28. The number of fused-ring (bicyclic) bond motifs is 1. The zero-order valence-corrected chi connectivity index (χ0v) is 22.7. The van der Waals surface area contributed by atoms with Gasteiger partial charge >= 0.3 is 6.09 Å². The van der Waals surface area contributed by atoms with Crippen molar-refractivity contribution in [2.24, 2.45) is 17.1 Å². The van der Waals surface area contributed by atoms with Gasteiger partial charge in [-0.1, -0.05) is 46.8 Å². The molecule has 2 aromatic rings. The van der Waals surface area contributed by atoms with Gasteiger partial charge in [0.2, 0.25) is 0 Å². The first-order valence-corrected chi connectivity index (χ1v) is 13.1. The topological polar surface area (TPSA) is 158 Å². The molecule has 3 amide bonds. The maximum absolute atomic E-state index is 13.1. The van der Waals surface area contributed by atoms with Crippen LogP contribution < -0.4 is 15.8 Å². The van der Waals surface area contributed by atoms with Gasteiger partial charge in [-0.15, -0.1) is 0 Å². The van der Waals surface area contributed by atoms with Gasteiger partial charge < -0.3 is 15.8 Å². The van der Waals surface area contributed by atoms with Crippen molar-refractivity contribution >= 4 is 38.7 Å². The summed E-state index contributed by atoms with van der Waals surface area (Å²) in [5, 5.41) is 3.65. The molecule has 2 rings (SSSR count). The second kappa shape index (κ2) is 10.8. The lowest BCUT2D eigenvalue weighted by Crippen LogP contribution is -2.46. The van der Waals surface area contributed by atoms with Crippen molar-refractivity contribution in [1.82, 2.24) is 15.0 Å². The largest absolute Gasteiger partial charge is 0.436 e. The van der Waals surface area contributed by atoms with Gasteiger partial charge in [-0.25, -0.2) is 17.9 Å². The minimum Gasteiger partial charge on any atom is -0.436 e. The van der Waals surface area contributed by atoms with Crippen LogP contribution in [-0.4, -0.2) is 43.0 Å². The van der Waals surface area contributed by atoms with Gasteiger partial charge in [-0.2, -0.15) is 0 Å². The summed E-state index contributed by atoms with van der Waals surface area (Å²) in [5.74, 6) is -1.46. The predicted octanol–water partition coefficient (Wildman–Crippen LogP) is 3.49. The van der Waals surface area contributed by atoms with Crippen molar-refractivity contribution < 1.29 is 27.5 Å². The molecule has 4 N–H and O–H groups in total. The summed E-state index contributed by atoms with van der Waals surface area (Å²) in [5.41, 5.74) is 4.68. The Morgan fingerprint density at radius 3 is 2.31 bits per heavy atom. The molecule has 0 saturated carbocycles. The molecule has 1 atom stereocenters. The van der Waals surface area contributed by atoms with Gasteiger partial charge in [0.25, 0.3) is 21.8 Å². The minimum absolute atomic E-state index is 0.00204. The van der Waals surface area contributed by atoms with Gasteiger partial charge in [0.1, 0.15) is 5.69 Å². The van der Waals surface area contributed by atoms with Crippen LogP contribution in [-0.2, 0) is 19.6 Å². The number of carbonyl (C=O) groups is 3. The number of pyridine rings is 1. The smallest absolute Gasteiger partial charge is 0.405 e. The highest BCUT2D eigenvalue weighted by molar-refractivity contribution is 7.90. The normalized spacial score (nSPS) is 13.3. The number of hydrogen-bond donors (Lipinski definition) is 3. The lowest BCUT2D eigenvalue weighted by Gasteiger charge is -2.33. The molecule has 0 saturated heterocycles. The summed E-state index contributed by atoms with van der Waals surface area (Å²) in [4.78, 5) is 40.6. The first-order valence-electron chi connectivity index (χ1n) is 11.6. The zero-order chi connectivity index (χ0) is 27.5. The van der Waals surface area contributed by atoms with E-state index in [2.05, 4.69) is 31.1 Å². The van der Waals surface area contributed by atoms with Crippen LogP contribution in [0.1, 0.15) is 71.8 Å². The standard InChI is InChI=1S/C25H36N4O6S/c1-15(2)11-19(35-23(26)32)22(31)29-36(33,34)20-10-8-9-16-12-18(27-13-17(16)20)21(30)28-25(6,7)14-24(3,4)5/h8-10,12-13,15,19H,11,14H2,1-7H3,(H2,26,32)(H,28,30)(H,29,31)/t19-/m0/s1. The summed E-state index contributed by atoms with van der Waals surface area (Å²) in [6.07, 6.45) is -0.438. The van der Waals surface area contributed by atoms with Crippen LogP contribution in [0.5, 0.6) is 0 Å². The van der Waals surface area contributed by atoms with Gasteiger partial charge in [0.05, 0.1) is 4.90 Å². The summed E-state index contributed by atoms with van der Waals surface area (Å²) < 4.78 is 32.9. The molecule has 1 heterocycles. The first kappa shape index (κ1) is 29.0. The van der Waals surface area contributed by atoms with Crippen molar-refractivity contribution in [2.45, 2.75) is 77.8 Å². The Morgan fingerprint density at radius 2 is 1.75 bits per heavy atom. The number of sulfonamides is 1. The molecule has 36 heavy (non-hydrogen) atoms. The van der Waals surface area contributed by atoms with Gasteiger partial charge in [0.15, 0.2) is 6.10 Å². The first-order chi connectivity index (χ1) is 16.4. The van der Waals surface area contributed by atoms with Gasteiger partial charge in [0, 0.05) is 17.1 Å². The molecule has 1 aromatic heterocycles. The number of nitrogens with one attached hydrogen (secondary N) is 2. The number of rotatable bonds is 9. The third-order valence-corrected chi connectivity index (χ3v) is 6.55. The fourth-order valence-corrected chi connectivity index (χ4v) is 5.50. The third kappa shape index (κ3) is 8.18. The summed E-state index contributed by atoms with van der Waals surface area (Å²) in [6.45, 7) is 13.7. The molecular weight excluding hydrogens is 484 g/mol. The Morgan fingerprint density at radius 1 is 1.11 bits per heavy atom. The number of hydrogen-bond acceptors (Lipinski definition) is 7. The number of carbonyl (C=O) groups excluding carboxylic acids is 3. The minimum atomic E-state index is -4.36. The highest BCUT2D eigenvalue weighted by atomic mass is 32.2. The Labute approximate surface area is 212 Å². The fraction of sp³-hybridized carbons (Fsp3) is 0.520. The number of benzene rings is 1. The van der Waals surface area contributed by atoms with Crippen molar-refractivity contribution in [1.29, 1.82) is 0 Å². The van der Waals surface area contributed by atoms with E-state index in [1.807, 2.05) is 18.6 Å². The van der Waals surface area contributed by atoms with E-state index in [1.165, 1.54) is 24.4 Å². The van der Waals surface area contributed by atoms with Crippen molar-refractivity contribution in [3.63, 3.8) is 0 Å². The van der Waals surface area contributed by atoms with Crippen LogP contribution >= 0.6 is 0 Å². The maximum Gasteiger partial charge on any atom is 0.405 e. The summed E-state index contributed by atoms with van der Waals surface area (Å²) in [6, 6.07) is 5.96. The number of ether oxygens (including phenoxy) is 1. The van der Waals surface area contributed by atoms with E-state index in [4.69, 9.17) is 10.5 Å². The molecular formula is C25H36N4O6S. The van der Waals surface area contributed by atoms with Gasteiger partial charge in [-0.05, 0) is 55.5 Å². The van der Waals surface area contributed by atoms with E-state index < -0.39 is 33.7 Å². The monoisotopic (exact) mass is 520 g/mol. The molecule has 0 aliphatic carbocycles. The number of nitrogens with two attached hydrogens (primary N) is 1. The molecule has 0 fully saturated rings. The number of primary amides is 1. The van der Waals surface area contributed by atoms with Crippen LogP contribution in [0, 0.1) is 11.3 Å². The molecule has 1 aromatic carbocycles. The molecule has 0 spiro atoms. The molecule has 0 aliphatic heterocycles. The Hall–Kier alpha value is -3.21. The van der Waals surface area contributed by atoms with E-state index in [-0.39, 0.29) is 39.6 Å². The summed E-state index contributed by atoms with van der Waals surface area (Å²) in [7, 11) is -4.36. The second-order valence-electron chi connectivity index (χ2n) is 11.1. The van der Waals surface area contributed by atoms with Crippen molar-refractivity contribution in [3.8, 4) is 0 Å². The van der Waals surface area contributed by atoms with E-state index in [9.17, 15) is 22.8 Å². The van der Waals surface area contributed by atoms with Crippen molar-refractivity contribution in [3.05, 3.63) is 36.2 Å². The van der Waals surface area contributed by atoms with Crippen LogP contribution in [0.4, 0.5) is 4.79 Å². The Balaban J connectivity index is 2.34. The van der Waals surface area contributed by atoms with E-state index in [1.54, 1.807) is 19.9 Å². The maximum atomic E-state index is 13.1. The van der Waals surface area contributed by atoms with Crippen LogP contribution in [0.2, 0.25) is 0 Å². The van der Waals surface area contributed by atoms with E-state index in [0.717, 1.165) is 6.42 Å². The number of nitrogens with zero attached hydrogens (tertiary/aromatic N) is 1. The van der Waals surface area contributed by atoms with E-state index in [0.29, 0.717) is 5.39 Å². The quantitative estimate of drug-likeness (QED) is 0.456. The predicted molar refractivity (Wildman–Crippen MR) is 137 cm³/mol. The fourth-order valence-electron chi connectivity index (χ4n) is 4.27. The Bertz CT molecular complexity index is 1250. The average Bonchev–Trinajstić information content (AvgIpc) is 2.69. The molecule has 0 unspecified atom stereocenters. The molecule has 0 bridgehead atoms. The zero-order valence-electron chi connectivity index (χ0n) is 21.8. The molecule has 198 valence electrons. The number of amides is 3. The average molecular weight is 521 g/mol. The van der Waals surface area contributed by atoms with Gasteiger partial charge in [-0.3, -0.25) is 14.6 Å². The molecule has 10 nitrogen and oxygen atoms in total. The Kier molecular flexibility index (Phi) is 8.72. The molecule has 0 aliphatic rings. The van der Waals surface area contributed by atoms with Crippen LogP contribution in [0.25, 0.3) is 10.8 Å². The lowest BCUT2D eigenvalue weighted by molar-refractivity contribution is -0.128. The highest BCUT2D eigenvalue weighted by Gasteiger charge is 2.30. The third-order valence-electron chi connectivity index (χ3n) is 5.14. The van der Waals surface area contributed by atoms with Crippen LogP contribution in [0.3, 0.4) is 0 Å². The van der Waals surface area contributed by atoms with Crippen molar-refractivity contribution in [2.75, 3.05) is 0 Å². The molecule has 0 radical (unpaired) electrons. The lowest BCUT2D eigenvalue weighted by atomic mass is 9.82. The summed E-state index contributed by atoms with van der Waals surface area (Å²) >= 11 is 0. The van der Waals surface area contributed by atoms with Crippen LogP contribution in [0.15, 0.2) is 35.4 Å². The SMILES string of the molecule is CC(C)C[C@H](OC(N)=O)C(=O)NS(=O)(=O)c1cccc2cc(C(=O)NC(C)(C)CC(C)(C)C)ncc12. The van der Waals surface area contributed by atoms with E-state index >= 15 is 0 Å². The number of aromatic nitrogens is 1.